The predicted molar refractivity (Wildman–Crippen MR) is 128 cm³/mol. The number of hydrogen-bond acceptors (Lipinski definition) is 7. The molecule has 4 heterocycles. The normalized spacial score (nSPS) is 15.2. The van der Waals surface area contributed by atoms with Crippen molar-refractivity contribution in [2.45, 2.75) is 4.90 Å². The molecule has 0 aliphatic carbocycles. The van der Waals surface area contributed by atoms with E-state index in [1.807, 2.05) is 41.1 Å². The Hall–Kier alpha value is -3.28. The average Bonchev–Trinajstić information content (AvgIpc) is 3.49. The van der Waals surface area contributed by atoms with Gasteiger partial charge in [-0.05, 0) is 29.6 Å². The number of thiophene rings is 1. The van der Waals surface area contributed by atoms with Crippen molar-refractivity contribution in [3.63, 3.8) is 0 Å². The maximum absolute atomic E-state index is 13.2. The first-order valence-corrected chi connectivity index (χ1v) is 12.7. The number of aryl methyl sites for hydroxylation is 1. The number of para-hydroxylation sites is 1. The number of amides is 1. The first kappa shape index (κ1) is 21.6. The Morgan fingerprint density at radius 1 is 1.09 bits per heavy atom. The van der Waals surface area contributed by atoms with Crippen molar-refractivity contribution in [1.82, 2.24) is 18.8 Å². The van der Waals surface area contributed by atoms with Crippen molar-refractivity contribution >= 4 is 44.0 Å². The third kappa shape index (κ3) is 3.88. The lowest BCUT2D eigenvalue weighted by Gasteiger charge is -2.35. The highest BCUT2D eigenvalue weighted by molar-refractivity contribution is 7.89. The number of carbonyl (C=O) groups is 1. The highest BCUT2D eigenvalue weighted by Gasteiger charge is 2.31. The van der Waals surface area contributed by atoms with Gasteiger partial charge in [0.25, 0.3) is 5.91 Å². The zero-order valence-electron chi connectivity index (χ0n) is 17.9. The third-order valence-corrected chi connectivity index (χ3v) is 8.32. The summed E-state index contributed by atoms with van der Waals surface area (Å²) in [6.45, 7) is 1.57. The highest BCUT2D eigenvalue weighted by atomic mass is 32.2. The van der Waals surface area contributed by atoms with Crippen LogP contribution in [0.4, 0.5) is 5.82 Å². The number of aromatic nitrogens is 3. The minimum absolute atomic E-state index is 0.0690. The fourth-order valence-electron chi connectivity index (χ4n) is 4.03. The second kappa shape index (κ2) is 8.25. The van der Waals surface area contributed by atoms with Gasteiger partial charge in [-0.1, -0.05) is 12.1 Å². The standard InChI is InChI=1S/C22H22N6O3S2/c1-26-13-16(12-19(26)20(23)29)33(30,31)28-9-7-27(8-10-28)22-17-4-2-3-5-18(17)24-21(25-22)15-6-11-32-14-15/h2-6,11-14H,7-10H2,1H3,(H2,23,29). The number of benzene rings is 1. The van der Waals surface area contributed by atoms with Gasteiger partial charge in [-0.15, -0.1) is 0 Å². The second-order valence-corrected chi connectivity index (χ2v) is 10.5. The molecule has 1 fully saturated rings. The van der Waals surface area contributed by atoms with E-state index in [0.29, 0.717) is 32.0 Å². The van der Waals surface area contributed by atoms with Gasteiger partial charge in [-0.3, -0.25) is 4.79 Å². The summed E-state index contributed by atoms with van der Waals surface area (Å²) in [6.07, 6.45) is 1.42. The van der Waals surface area contributed by atoms with E-state index < -0.39 is 15.9 Å². The summed E-state index contributed by atoms with van der Waals surface area (Å²) in [5, 5.41) is 4.94. The number of fused-ring (bicyclic) bond motifs is 1. The van der Waals surface area contributed by atoms with Crippen LogP contribution in [-0.2, 0) is 17.1 Å². The lowest BCUT2D eigenvalue weighted by molar-refractivity contribution is 0.0992. The summed E-state index contributed by atoms with van der Waals surface area (Å²) < 4.78 is 29.2. The number of anilines is 1. The van der Waals surface area contributed by atoms with Crippen molar-refractivity contribution in [2.75, 3.05) is 31.1 Å². The smallest absolute Gasteiger partial charge is 0.265 e. The molecule has 1 amide bonds. The second-order valence-electron chi connectivity index (χ2n) is 7.83. The van der Waals surface area contributed by atoms with E-state index in [1.54, 1.807) is 18.4 Å². The maximum atomic E-state index is 13.2. The molecule has 0 saturated carbocycles. The third-order valence-electron chi connectivity index (χ3n) is 5.77. The van der Waals surface area contributed by atoms with Gasteiger partial charge >= 0.3 is 0 Å². The van der Waals surface area contributed by atoms with Gasteiger partial charge in [0.05, 0.1) is 5.52 Å². The molecule has 5 rings (SSSR count). The monoisotopic (exact) mass is 482 g/mol. The van der Waals surface area contributed by atoms with E-state index in [1.165, 1.54) is 21.1 Å². The van der Waals surface area contributed by atoms with Crippen LogP contribution in [0.25, 0.3) is 22.3 Å². The summed E-state index contributed by atoms with van der Waals surface area (Å²) in [7, 11) is -2.14. The van der Waals surface area contributed by atoms with Crippen LogP contribution >= 0.6 is 11.3 Å². The Labute approximate surface area is 195 Å². The maximum Gasteiger partial charge on any atom is 0.265 e. The number of hydrogen-bond donors (Lipinski definition) is 1. The molecule has 1 aliphatic rings. The molecular weight excluding hydrogens is 460 g/mol. The zero-order valence-corrected chi connectivity index (χ0v) is 19.5. The lowest BCUT2D eigenvalue weighted by atomic mass is 10.2. The molecule has 33 heavy (non-hydrogen) atoms. The van der Waals surface area contributed by atoms with Gasteiger partial charge in [-0.25, -0.2) is 18.4 Å². The molecule has 4 aromatic rings. The summed E-state index contributed by atoms with van der Waals surface area (Å²) in [6, 6.07) is 11.2. The van der Waals surface area contributed by atoms with Crippen molar-refractivity contribution in [1.29, 1.82) is 0 Å². The molecule has 0 bridgehead atoms. The van der Waals surface area contributed by atoms with Crippen LogP contribution in [0.1, 0.15) is 10.5 Å². The topological polar surface area (TPSA) is 114 Å². The summed E-state index contributed by atoms with van der Waals surface area (Å²) in [5.41, 5.74) is 7.30. The molecule has 0 atom stereocenters. The van der Waals surface area contributed by atoms with Crippen LogP contribution in [0.3, 0.4) is 0 Å². The molecule has 9 nitrogen and oxygen atoms in total. The van der Waals surface area contributed by atoms with Gasteiger partial charge in [0.1, 0.15) is 16.4 Å². The molecule has 170 valence electrons. The van der Waals surface area contributed by atoms with Crippen LogP contribution in [0.5, 0.6) is 0 Å². The van der Waals surface area contributed by atoms with E-state index >= 15 is 0 Å². The van der Waals surface area contributed by atoms with Crippen LogP contribution in [0.2, 0.25) is 0 Å². The summed E-state index contributed by atoms with van der Waals surface area (Å²) in [4.78, 5) is 23.3. The summed E-state index contributed by atoms with van der Waals surface area (Å²) >= 11 is 1.59. The number of primary amides is 1. The van der Waals surface area contributed by atoms with E-state index in [0.717, 1.165) is 22.3 Å². The van der Waals surface area contributed by atoms with Gasteiger partial charge in [0.2, 0.25) is 10.0 Å². The average molecular weight is 483 g/mol. The number of carbonyl (C=O) groups excluding carboxylic acids is 1. The van der Waals surface area contributed by atoms with Gasteiger partial charge in [0.15, 0.2) is 5.82 Å². The Kier molecular flexibility index (Phi) is 5.39. The minimum atomic E-state index is -3.74. The Morgan fingerprint density at radius 2 is 1.85 bits per heavy atom. The quantitative estimate of drug-likeness (QED) is 0.467. The van der Waals surface area contributed by atoms with Gasteiger partial charge in [-0.2, -0.15) is 15.6 Å². The number of rotatable bonds is 5. The van der Waals surface area contributed by atoms with E-state index in [-0.39, 0.29) is 10.6 Å². The van der Waals surface area contributed by atoms with E-state index in [9.17, 15) is 13.2 Å². The van der Waals surface area contributed by atoms with Crippen LogP contribution < -0.4 is 10.6 Å². The Morgan fingerprint density at radius 3 is 2.52 bits per heavy atom. The van der Waals surface area contributed by atoms with Crippen molar-refractivity contribution < 1.29 is 13.2 Å². The highest BCUT2D eigenvalue weighted by Crippen LogP contribution is 2.30. The molecule has 0 spiro atoms. The fraction of sp³-hybridized carbons (Fsp3) is 0.227. The van der Waals surface area contributed by atoms with Crippen LogP contribution in [-0.4, -0.2) is 59.3 Å². The van der Waals surface area contributed by atoms with Crippen LogP contribution in [0.15, 0.2) is 58.3 Å². The first-order valence-electron chi connectivity index (χ1n) is 10.4. The number of nitrogens with two attached hydrogens (primary N) is 1. The molecule has 11 heteroatoms. The molecule has 0 radical (unpaired) electrons. The number of sulfonamides is 1. The number of piperazine rings is 1. The molecular formula is C22H22N6O3S2. The van der Waals surface area contributed by atoms with Gasteiger partial charge < -0.3 is 15.2 Å². The summed E-state index contributed by atoms with van der Waals surface area (Å²) in [5.74, 6) is 0.790. The van der Waals surface area contributed by atoms with Gasteiger partial charge in [0, 0.05) is 55.8 Å². The fourth-order valence-corrected chi connectivity index (χ4v) is 6.16. The van der Waals surface area contributed by atoms with E-state index in [4.69, 9.17) is 15.7 Å². The molecule has 1 saturated heterocycles. The Balaban J connectivity index is 1.42. The lowest BCUT2D eigenvalue weighted by Crippen LogP contribution is -2.49. The molecule has 1 aliphatic heterocycles. The van der Waals surface area contributed by atoms with E-state index in [2.05, 4.69) is 4.90 Å². The SMILES string of the molecule is Cn1cc(S(=O)(=O)N2CCN(c3nc(-c4ccsc4)nc4ccccc34)CC2)cc1C(N)=O. The zero-order chi connectivity index (χ0) is 23.2. The number of nitrogens with zero attached hydrogens (tertiary/aromatic N) is 5. The molecule has 2 N–H and O–H groups in total. The van der Waals surface area contributed by atoms with Crippen molar-refractivity contribution in [3.05, 3.63) is 59.0 Å². The molecule has 3 aromatic heterocycles. The largest absolute Gasteiger partial charge is 0.364 e. The Bertz CT molecular complexity index is 1440. The molecule has 1 aromatic carbocycles. The molecule has 0 unspecified atom stereocenters. The minimum Gasteiger partial charge on any atom is -0.364 e. The van der Waals surface area contributed by atoms with Crippen LogP contribution in [0, 0.1) is 0 Å². The first-order chi connectivity index (χ1) is 15.8. The van der Waals surface area contributed by atoms with Crippen molar-refractivity contribution in [2.24, 2.45) is 12.8 Å². The van der Waals surface area contributed by atoms with Crippen molar-refractivity contribution in [3.8, 4) is 11.4 Å². The predicted octanol–water partition coefficient (Wildman–Crippen LogP) is 2.31.